The Bertz CT molecular complexity index is 376. The summed E-state index contributed by atoms with van der Waals surface area (Å²) in [5.41, 5.74) is 2.07. The fraction of sp³-hybridized carbons (Fsp3) is 0.500. The third-order valence-corrected chi connectivity index (χ3v) is 3.88. The number of aryl methyl sites for hydroxylation is 1. The fourth-order valence-electron chi connectivity index (χ4n) is 1.60. The molecule has 90 valence electrons. The average Bonchev–Trinajstić information content (AvgIpc) is 2.27. The maximum absolute atomic E-state index is 11.5. The van der Waals surface area contributed by atoms with Gasteiger partial charge in [0.1, 0.15) is 0 Å². The first-order valence-corrected chi connectivity index (χ1v) is 7.29. The van der Waals surface area contributed by atoms with Crippen LogP contribution in [0.15, 0.2) is 24.3 Å². The highest BCUT2D eigenvalue weighted by Crippen LogP contribution is 2.45. The SMILES string of the molecule is CCCCc1ccccc1CP(=O)(O)OC. The first kappa shape index (κ1) is 13.4. The van der Waals surface area contributed by atoms with Gasteiger partial charge in [-0.05, 0) is 24.0 Å². The van der Waals surface area contributed by atoms with E-state index in [1.807, 2.05) is 24.3 Å². The summed E-state index contributed by atoms with van der Waals surface area (Å²) in [6.45, 7) is 2.13. The van der Waals surface area contributed by atoms with Crippen LogP contribution in [0.1, 0.15) is 30.9 Å². The summed E-state index contributed by atoms with van der Waals surface area (Å²) in [5.74, 6) is 0. The molecule has 1 N–H and O–H groups in total. The van der Waals surface area contributed by atoms with Crippen LogP contribution in [0.4, 0.5) is 0 Å². The highest BCUT2D eigenvalue weighted by Gasteiger charge is 2.19. The number of benzene rings is 1. The van der Waals surface area contributed by atoms with Gasteiger partial charge in [-0.1, -0.05) is 37.6 Å². The maximum atomic E-state index is 11.5. The van der Waals surface area contributed by atoms with Gasteiger partial charge in [0.05, 0.1) is 6.16 Å². The van der Waals surface area contributed by atoms with E-state index >= 15 is 0 Å². The molecule has 0 bridgehead atoms. The van der Waals surface area contributed by atoms with Gasteiger partial charge >= 0.3 is 7.60 Å². The van der Waals surface area contributed by atoms with Gasteiger partial charge in [-0.25, -0.2) is 0 Å². The average molecular weight is 242 g/mol. The van der Waals surface area contributed by atoms with E-state index in [1.165, 1.54) is 7.11 Å². The van der Waals surface area contributed by atoms with E-state index in [9.17, 15) is 9.46 Å². The van der Waals surface area contributed by atoms with Crippen LogP contribution < -0.4 is 0 Å². The van der Waals surface area contributed by atoms with Crippen molar-refractivity contribution < 1.29 is 14.0 Å². The highest BCUT2D eigenvalue weighted by molar-refractivity contribution is 7.51. The molecule has 1 aromatic carbocycles. The molecular weight excluding hydrogens is 223 g/mol. The Labute approximate surface area is 97.0 Å². The number of hydrogen-bond acceptors (Lipinski definition) is 2. The van der Waals surface area contributed by atoms with E-state index in [4.69, 9.17) is 0 Å². The molecule has 0 saturated heterocycles. The molecule has 0 saturated carbocycles. The first-order chi connectivity index (χ1) is 7.59. The molecule has 1 atom stereocenters. The Kier molecular flexibility index (Phi) is 5.20. The Morgan fingerprint density at radius 2 is 1.94 bits per heavy atom. The van der Waals surface area contributed by atoms with Crippen LogP contribution >= 0.6 is 7.60 Å². The zero-order valence-corrected chi connectivity index (χ0v) is 10.7. The van der Waals surface area contributed by atoms with Gasteiger partial charge in [0.2, 0.25) is 0 Å². The van der Waals surface area contributed by atoms with Gasteiger partial charge < -0.3 is 9.42 Å². The molecule has 3 nitrogen and oxygen atoms in total. The highest BCUT2D eigenvalue weighted by atomic mass is 31.2. The summed E-state index contributed by atoms with van der Waals surface area (Å²) in [5, 5.41) is 0. The Hall–Kier alpha value is -0.630. The Morgan fingerprint density at radius 1 is 1.31 bits per heavy atom. The second-order valence-corrected chi connectivity index (χ2v) is 5.81. The molecule has 1 aromatic rings. The fourth-order valence-corrected chi connectivity index (χ4v) is 2.47. The van der Waals surface area contributed by atoms with Crippen LogP contribution in [0.25, 0.3) is 0 Å². The monoisotopic (exact) mass is 242 g/mol. The predicted octanol–water partition coefficient (Wildman–Crippen LogP) is 3.36. The van der Waals surface area contributed by atoms with Crippen LogP contribution in [-0.4, -0.2) is 12.0 Å². The smallest absolute Gasteiger partial charge is 0.324 e. The van der Waals surface area contributed by atoms with Gasteiger partial charge in [0.15, 0.2) is 0 Å². The van der Waals surface area contributed by atoms with E-state index < -0.39 is 7.60 Å². The van der Waals surface area contributed by atoms with Gasteiger partial charge in [-0.2, -0.15) is 0 Å². The molecule has 0 aliphatic carbocycles. The van der Waals surface area contributed by atoms with Crippen LogP contribution in [0, 0.1) is 0 Å². The van der Waals surface area contributed by atoms with Crippen LogP contribution in [0.5, 0.6) is 0 Å². The molecule has 0 aromatic heterocycles. The van der Waals surface area contributed by atoms with Gasteiger partial charge in [-0.3, -0.25) is 4.57 Å². The number of hydrogen-bond donors (Lipinski definition) is 1. The molecule has 0 heterocycles. The normalized spacial score (nSPS) is 14.7. The third kappa shape index (κ3) is 4.09. The van der Waals surface area contributed by atoms with Crippen molar-refractivity contribution in [3.63, 3.8) is 0 Å². The maximum Gasteiger partial charge on any atom is 0.332 e. The van der Waals surface area contributed by atoms with Crippen LogP contribution in [0.3, 0.4) is 0 Å². The molecule has 16 heavy (non-hydrogen) atoms. The van der Waals surface area contributed by atoms with Crippen molar-refractivity contribution in [1.82, 2.24) is 0 Å². The molecule has 0 aliphatic rings. The Morgan fingerprint density at radius 3 is 2.50 bits per heavy atom. The van der Waals surface area contributed by atoms with Crippen molar-refractivity contribution in [2.24, 2.45) is 0 Å². The molecular formula is C12H19O3P. The van der Waals surface area contributed by atoms with Gasteiger partial charge in [0, 0.05) is 7.11 Å². The molecule has 0 radical (unpaired) electrons. The van der Waals surface area contributed by atoms with Crippen molar-refractivity contribution in [2.45, 2.75) is 32.3 Å². The minimum absolute atomic E-state index is 0.101. The Balaban J connectivity index is 2.82. The van der Waals surface area contributed by atoms with E-state index in [2.05, 4.69) is 11.4 Å². The van der Waals surface area contributed by atoms with Crippen molar-refractivity contribution in [2.75, 3.05) is 7.11 Å². The van der Waals surface area contributed by atoms with Gasteiger partial charge in [0.25, 0.3) is 0 Å². The minimum Gasteiger partial charge on any atom is -0.324 e. The summed E-state index contributed by atoms with van der Waals surface area (Å²) in [4.78, 5) is 9.46. The lowest BCUT2D eigenvalue weighted by atomic mass is 10.0. The molecule has 4 heteroatoms. The second kappa shape index (κ2) is 6.19. The van der Waals surface area contributed by atoms with Crippen molar-refractivity contribution in [3.8, 4) is 0 Å². The first-order valence-electron chi connectivity index (χ1n) is 5.53. The van der Waals surface area contributed by atoms with E-state index in [-0.39, 0.29) is 6.16 Å². The summed E-state index contributed by atoms with van der Waals surface area (Å²) in [6.07, 6.45) is 3.27. The standard InChI is InChI=1S/C12H19O3P/c1-3-4-7-11-8-5-6-9-12(11)10-16(13,14)15-2/h5-6,8-9H,3-4,7,10H2,1-2H3,(H,13,14). The molecule has 0 spiro atoms. The molecule has 0 amide bonds. The van der Waals surface area contributed by atoms with E-state index in [0.717, 1.165) is 30.4 Å². The minimum atomic E-state index is -3.45. The molecule has 1 rings (SSSR count). The zero-order valence-electron chi connectivity index (χ0n) is 9.85. The largest absolute Gasteiger partial charge is 0.332 e. The van der Waals surface area contributed by atoms with Gasteiger partial charge in [-0.15, -0.1) is 0 Å². The second-order valence-electron chi connectivity index (χ2n) is 3.85. The number of unbranched alkanes of at least 4 members (excludes halogenated alkanes) is 1. The van der Waals surface area contributed by atoms with Crippen molar-refractivity contribution in [3.05, 3.63) is 35.4 Å². The lowest BCUT2D eigenvalue weighted by molar-refractivity contribution is 0.314. The quantitative estimate of drug-likeness (QED) is 0.778. The van der Waals surface area contributed by atoms with Crippen LogP contribution in [0.2, 0.25) is 0 Å². The molecule has 0 aliphatic heterocycles. The lowest BCUT2D eigenvalue weighted by Gasteiger charge is -2.12. The summed E-state index contributed by atoms with van der Waals surface area (Å²) in [7, 11) is -2.18. The third-order valence-electron chi connectivity index (χ3n) is 2.57. The summed E-state index contributed by atoms with van der Waals surface area (Å²) in [6, 6.07) is 7.76. The molecule has 1 unspecified atom stereocenters. The zero-order chi connectivity index (χ0) is 12.0. The topological polar surface area (TPSA) is 46.5 Å². The van der Waals surface area contributed by atoms with E-state index in [0.29, 0.717) is 0 Å². The van der Waals surface area contributed by atoms with Crippen molar-refractivity contribution in [1.29, 1.82) is 0 Å². The molecule has 0 fully saturated rings. The van der Waals surface area contributed by atoms with E-state index in [1.54, 1.807) is 0 Å². The summed E-state index contributed by atoms with van der Waals surface area (Å²) < 4.78 is 16.1. The predicted molar refractivity (Wildman–Crippen MR) is 65.6 cm³/mol. The summed E-state index contributed by atoms with van der Waals surface area (Å²) >= 11 is 0. The number of rotatable bonds is 6. The lowest BCUT2D eigenvalue weighted by Crippen LogP contribution is -1.96. The van der Waals surface area contributed by atoms with Crippen LogP contribution in [-0.2, 0) is 21.7 Å². The van der Waals surface area contributed by atoms with Crippen molar-refractivity contribution >= 4 is 7.60 Å².